The van der Waals surface area contributed by atoms with Crippen molar-refractivity contribution in [2.24, 2.45) is 0 Å². The van der Waals surface area contributed by atoms with Gasteiger partial charge in [-0.3, -0.25) is 0 Å². The summed E-state index contributed by atoms with van der Waals surface area (Å²) < 4.78 is 7.21. The molecule has 0 saturated carbocycles. The Kier molecular flexibility index (Phi) is 6.09. The Morgan fingerprint density at radius 1 is 1.40 bits per heavy atom. The molecule has 0 heterocycles. The molecule has 0 rings (SSSR count). The predicted molar refractivity (Wildman–Crippen MR) is 56.3 cm³/mol. The number of nitrogens with one attached hydrogen (secondary N) is 1. The summed E-state index contributed by atoms with van der Waals surface area (Å²) in [5.74, 6) is -0.596. The fourth-order valence-corrected chi connectivity index (χ4v) is 0.765. The summed E-state index contributed by atoms with van der Waals surface area (Å²) in [4.78, 5) is 21.9. The highest BCUT2D eigenvalue weighted by Gasteiger charge is 2.23. The molecule has 88 valence electrons. The normalized spacial score (nSPS) is 12.9. The molecular formula is C7H10Cl3NO4. The maximum Gasteiger partial charge on any atom is 0.407 e. The van der Waals surface area contributed by atoms with Crippen LogP contribution in [0.5, 0.6) is 0 Å². The van der Waals surface area contributed by atoms with Gasteiger partial charge in [-0.25, -0.2) is 9.59 Å². The van der Waals surface area contributed by atoms with E-state index in [0.29, 0.717) is 0 Å². The molecule has 5 nitrogen and oxygen atoms in total. The molecular weight excluding hydrogens is 268 g/mol. The minimum Gasteiger partial charge on any atom is -0.467 e. The van der Waals surface area contributed by atoms with Crippen LogP contribution in [0.25, 0.3) is 0 Å². The fourth-order valence-electron chi connectivity index (χ4n) is 0.602. The number of hydrogen-bond acceptors (Lipinski definition) is 4. The average molecular weight is 279 g/mol. The Morgan fingerprint density at radius 2 is 1.93 bits per heavy atom. The van der Waals surface area contributed by atoms with Crippen molar-refractivity contribution < 1.29 is 19.1 Å². The van der Waals surface area contributed by atoms with Gasteiger partial charge in [-0.1, -0.05) is 34.8 Å². The van der Waals surface area contributed by atoms with E-state index in [1.54, 1.807) is 0 Å². The lowest BCUT2D eigenvalue weighted by molar-refractivity contribution is -0.142. The van der Waals surface area contributed by atoms with Crippen LogP contribution in [-0.2, 0) is 14.3 Å². The third-order valence-electron chi connectivity index (χ3n) is 1.26. The Balaban J connectivity index is 3.89. The monoisotopic (exact) mass is 277 g/mol. The van der Waals surface area contributed by atoms with E-state index in [9.17, 15) is 9.59 Å². The summed E-state index contributed by atoms with van der Waals surface area (Å²) >= 11 is 16.0. The number of hydrogen-bond donors (Lipinski definition) is 1. The highest BCUT2D eigenvalue weighted by molar-refractivity contribution is 6.67. The maximum absolute atomic E-state index is 11.0. The molecule has 0 aromatic carbocycles. The zero-order valence-electron chi connectivity index (χ0n) is 8.05. The summed E-state index contributed by atoms with van der Waals surface area (Å²) in [6, 6.07) is -0.821. The van der Waals surface area contributed by atoms with E-state index in [-0.39, 0.29) is 0 Å². The van der Waals surface area contributed by atoms with Crippen molar-refractivity contribution in [2.75, 3.05) is 13.7 Å². The van der Waals surface area contributed by atoms with Crippen LogP contribution in [0.3, 0.4) is 0 Å². The van der Waals surface area contributed by atoms with Crippen LogP contribution in [0.1, 0.15) is 6.92 Å². The quantitative estimate of drug-likeness (QED) is 0.630. The number of amides is 1. The van der Waals surface area contributed by atoms with Gasteiger partial charge >= 0.3 is 12.1 Å². The molecule has 1 N–H and O–H groups in total. The first-order valence-electron chi connectivity index (χ1n) is 3.84. The molecule has 8 heteroatoms. The van der Waals surface area contributed by atoms with Gasteiger partial charge in [0.25, 0.3) is 0 Å². The van der Waals surface area contributed by atoms with Gasteiger partial charge in [0.1, 0.15) is 12.6 Å². The topological polar surface area (TPSA) is 64.6 Å². The van der Waals surface area contributed by atoms with Crippen LogP contribution in [0.2, 0.25) is 0 Å². The van der Waals surface area contributed by atoms with Crippen molar-refractivity contribution in [3.05, 3.63) is 0 Å². The summed E-state index contributed by atoms with van der Waals surface area (Å²) in [5.41, 5.74) is 0. The molecule has 0 spiro atoms. The zero-order chi connectivity index (χ0) is 12.1. The number of rotatable bonds is 3. The van der Waals surface area contributed by atoms with Crippen LogP contribution in [0.15, 0.2) is 0 Å². The summed E-state index contributed by atoms with van der Waals surface area (Å²) in [7, 11) is 1.20. The number of carbonyl (C=O) groups is 2. The molecule has 0 aliphatic carbocycles. The van der Waals surface area contributed by atoms with E-state index < -0.39 is 28.5 Å². The van der Waals surface area contributed by atoms with Crippen molar-refractivity contribution in [3.8, 4) is 0 Å². The van der Waals surface area contributed by atoms with Crippen LogP contribution < -0.4 is 5.32 Å². The maximum atomic E-state index is 11.0. The fraction of sp³-hybridized carbons (Fsp3) is 0.714. The molecule has 1 atom stereocenters. The molecule has 0 aromatic rings. The summed E-state index contributed by atoms with van der Waals surface area (Å²) in [5, 5.41) is 2.19. The van der Waals surface area contributed by atoms with Gasteiger partial charge < -0.3 is 14.8 Å². The highest BCUT2D eigenvalue weighted by Crippen LogP contribution is 2.25. The van der Waals surface area contributed by atoms with Crippen molar-refractivity contribution in [3.63, 3.8) is 0 Å². The standard InChI is InChI=1S/C7H10Cl3NO4/c1-4(5(12)14-2)11-6(13)15-3-7(8,9)10/h4H,3H2,1-2H3,(H,11,13)/t4-/m0/s1. The first kappa shape index (κ1) is 14.6. The smallest absolute Gasteiger partial charge is 0.407 e. The molecule has 0 aliphatic heterocycles. The summed E-state index contributed by atoms with van der Waals surface area (Å²) in [6.07, 6.45) is -0.862. The molecule has 0 aliphatic rings. The lowest BCUT2D eigenvalue weighted by atomic mass is 10.3. The first-order chi connectivity index (χ1) is 6.76. The van der Waals surface area contributed by atoms with Crippen molar-refractivity contribution in [1.82, 2.24) is 5.32 Å². The Morgan fingerprint density at radius 3 is 2.33 bits per heavy atom. The molecule has 15 heavy (non-hydrogen) atoms. The lowest BCUT2D eigenvalue weighted by Crippen LogP contribution is -2.40. The third-order valence-corrected chi connectivity index (χ3v) is 1.58. The van der Waals surface area contributed by atoms with E-state index in [0.717, 1.165) is 0 Å². The van der Waals surface area contributed by atoms with E-state index >= 15 is 0 Å². The van der Waals surface area contributed by atoms with E-state index in [2.05, 4.69) is 14.8 Å². The van der Waals surface area contributed by atoms with Crippen LogP contribution in [-0.4, -0.2) is 35.6 Å². The number of halogens is 3. The van der Waals surface area contributed by atoms with Gasteiger partial charge in [0.2, 0.25) is 3.79 Å². The number of alkyl carbamates (subject to hydrolysis) is 1. The van der Waals surface area contributed by atoms with Crippen molar-refractivity contribution in [1.29, 1.82) is 0 Å². The third kappa shape index (κ3) is 7.53. The number of carbonyl (C=O) groups excluding carboxylic acids is 2. The van der Waals surface area contributed by atoms with Crippen LogP contribution in [0.4, 0.5) is 4.79 Å². The largest absolute Gasteiger partial charge is 0.467 e. The lowest BCUT2D eigenvalue weighted by Gasteiger charge is -2.14. The van der Waals surface area contributed by atoms with Gasteiger partial charge in [0.15, 0.2) is 0 Å². The Labute approximate surface area is 102 Å². The molecule has 0 saturated heterocycles. The second-order valence-corrected chi connectivity index (χ2v) is 5.10. The Hall–Kier alpha value is -0.390. The van der Waals surface area contributed by atoms with Gasteiger partial charge in [-0.15, -0.1) is 0 Å². The van der Waals surface area contributed by atoms with Gasteiger partial charge in [-0.05, 0) is 6.92 Å². The zero-order valence-corrected chi connectivity index (χ0v) is 10.3. The molecule has 1 amide bonds. The second-order valence-electron chi connectivity index (χ2n) is 2.58. The average Bonchev–Trinajstić information content (AvgIpc) is 2.12. The highest BCUT2D eigenvalue weighted by atomic mass is 35.6. The molecule has 0 aromatic heterocycles. The van der Waals surface area contributed by atoms with Crippen LogP contribution >= 0.6 is 34.8 Å². The Bertz CT molecular complexity index is 241. The molecule has 0 bridgehead atoms. The molecule has 0 radical (unpaired) electrons. The van der Waals surface area contributed by atoms with Gasteiger partial charge in [-0.2, -0.15) is 0 Å². The number of methoxy groups -OCH3 is 1. The predicted octanol–water partition coefficient (Wildman–Crippen LogP) is 1.64. The van der Waals surface area contributed by atoms with Crippen molar-refractivity contribution in [2.45, 2.75) is 16.8 Å². The van der Waals surface area contributed by atoms with Gasteiger partial charge in [0, 0.05) is 0 Å². The molecule has 0 unspecified atom stereocenters. The second kappa shape index (κ2) is 6.25. The number of esters is 1. The summed E-state index contributed by atoms with van der Waals surface area (Å²) in [6.45, 7) is 1.03. The van der Waals surface area contributed by atoms with E-state index in [1.165, 1.54) is 14.0 Å². The number of ether oxygens (including phenoxy) is 2. The van der Waals surface area contributed by atoms with Gasteiger partial charge in [0.05, 0.1) is 7.11 Å². The van der Waals surface area contributed by atoms with Crippen molar-refractivity contribution >= 4 is 46.9 Å². The van der Waals surface area contributed by atoms with E-state index in [1.807, 2.05) is 0 Å². The molecule has 0 fully saturated rings. The SMILES string of the molecule is COC(=O)[C@H](C)NC(=O)OCC(Cl)(Cl)Cl. The first-order valence-corrected chi connectivity index (χ1v) is 4.97. The minimum absolute atomic E-state index is 0.405. The minimum atomic E-state index is -1.67. The number of alkyl halides is 3. The van der Waals surface area contributed by atoms with Crippen LogP contribution in [0, 0.1) is 0 Å². The van der Waals surface area contributed by atoms with E-state index in [4.69, 9.17) is 34.8 Å².